The summed E-state index contributed by atoms with van der Waals surface area (Å²) in [7, 11) is 3.27. The standard InChI is InChI=1S/C28H45N3O5S/c1-8-13-31(23(18(3)4)16-25(33)26-29-21(17-37-26)28(35)36-7)27(34)20(19(5)9-2)15-24(32)22-12-10-11-14-30(22)6/h17-20,22-23H,8-16H2,1-7H3/t19-,20-,22+,23+/m0/s1. The molecule has 4 atom stereocenters. The predicted octanol–water partition coefficient (Wildman–Crippen LogP) is 4.87. The first-order valence-electron chi connectivity index (χ1n) is 13.7. The Labute approximate surface area is 226 Å². The molecule has 0 aliphatic carbocycles. The van der Waals surface area contributed by atoms with Gasteiger partial charge in [0.05, 0.1) is 13.2 Å². The number of ketones is 2. The molecular weight excluding hydrogens is 490 g/mol. The fraction of sp³-hybridized carbons (Fsp3) is 0.750. The number of methoxy groups -OCH3 is 1. The summed E-state index contributed by atoms with van der Waals surface area (Å²) in [4.78, 5) is 60.6. The van der Waals surface area contributed by atoms with Crippen molar-refractivity contribution < 1.29 is 23.9 Å². The summed E-state index contributed by atoms with van der Waals surface area (Å²) in [5.74, 6) is -1.01. The van der Waals surface area contributed by atoms with Crippen LogP contribution in [0.1, 0.15) is 99.9 Å². The van der Waals surface area contributed by atoms with E-state index >= 15 is 0 Å². The third-order valence-corrected chi connectivity index (χ3v) is 8.54. The number of likely N-dealkylation sites (N-methyl/N-ethyl adjacent to an activating group) is 1. The average molecular weight is 536 g/mol. The molecule has 1 aromatic heterocycles. The molecule has 2 heterocycles. The van der Waals surface area contributed by atoms with Crippen LogP contribution in [0.15, 0.2) is 5.38 Å². The Balaban J connectivity index is 2.28. The number of hydrogen-bond donors (Lipinski definition) is 0. The smallest absolute Gasteiger partial charge is 0.357 e. The third kappa shape index (κ3) is 8.18. The lowest BCUT2D eigenvalue weighted by atomic mass is 9.82. The van der Waals surface area contributed by atoms with E-state index in [0.717, 1.165) is 50.0 Å². The van der Waals surface area contributed by atoms with Gasteiger partial charge < -0.3 is 9.64 Å². The molecule has 1 amide bonds. The number of carbonyl (C=O) groups excluding carboxylic acids is 4. The summed E-state index contributed by atoms with van der Waals surface area (Å²) < 4.78 is 4.70. The molecule has 1 aliphatic rings. The predicted molar refractivity (Wildman–Crippen MR) is 146 cm³/mol. The quantitative estimate of drug-likeness (QED) is 0.248. The van der Waals surface area contributed by atoms with Crippen LogP contribution in [0.5, 0.6) is 0 Å². The third-order valence-electron chi connectivity index (χ3n) is 7.66. The van der Waals surface area contributed by atoms with Crippen molar-refractivity contribution in [2.75, 3.05) is 27.2 Å². The van der Waals surface area contributed by atoms with Gasteiger partial charge in [0.25, 0.3) is 0 Å². The summed E-state index contributed by atoms with van der Waals surface area (Å²) in [5.41, 5.74) is 0.112. The second kappa shape index (κ2) is 14.7. The monoisotopic (exact) mass is 535 g/mol. The number of aromatic nitrogens is 1. The minimum absolute atomic E-state index is 0.0252. The number of nitrogens with zero attached hydrogens (tertiary/aromatic N) is 3. The van der Waals surface area contributed by atoms with Crippen molar-refractivity contribution in [1.82, 2.24) is 14.8 Å². The van der Waals surface area contributed by atoms with Gasteiger partial charge in [-0.2, -0.15) is 0 Å². The van der Waals surface area contributed by atoms with Crippen LogP contribution in [0.25, 0.3) is 0 Å². The maximum atomic E-state index is 14.1. The van der Waals surface area contributed by atoms with Crippen LogP contribution >= 0.6 is 11.3 Å². The van der Waals surface area contributed by atoms with Gasteiger partial charge in [0.15, 0.2) is 22.3 Å². The Morgan fingerprint density at radius 3 is 2.43 bits per heavy atom. The molecule has 0 N–H and O–H groups in total. The largest absolute Gasteiger partial charge is 0.464 e. The minimum Gasteiger partial charge on any atom is -0.464 e. The topological polar surface area (TPSA) is 96.9 Å². The molecule has 37 heavy (non-hydrogen) atoms. The zero-order chi connectivity index (χ0) is 27.7. The lowest BCUT2D eigenvalue weighted by Gasteiger charge is -2.38. The van der Waals surface area contributed by atoms with Crippen LogP contribution in [0.3, 0.4) is 0 Å². The first-order valence-corrected chi connectivity index (χ1v) is 14.5. The number of ether oxygens (including phenoxy) is 1. The molecule has 9 heteroatoms. The molecule has 0 aromatic carbocycles. The number of amides is 1. The first kappa shape index (κ1) is 31.1. The molecule has 1 aliphatic heterocycles. The van der Waals surface area contributed by atoms with Gasteiger partial charge in [-0.15, -0.1) is 11.3 Å². The summed E-state index contributed by atoms with van der Waals surface area (Å²) in [6.07, 6.45) is 4.88. The van der Waals surface area contributed by atoms with Crippen LogP contribution < -0.4 is 0 Å². The SMILES string of the molecule is CCCN(C(=O)[C@@H](CC(=O)[C@H]1CCCCN1C)[C@@H](C)CC)[C@H](CC(=O)c1nc(C(=O)OC)cs1)C(C)C. The van der Waals surface area contributed by atoms with Crippen molar-refractivity contribution >= 4 is 34.8 Å². The highest BCUT2D eigenvalue weighted by molar-refractivity contribution is 7.11. The maximum absolute atomic E-state index is 14.1. The fourth-order valence-electron chi connectivity index (χ4n) is 5.13. The normalized spacial score (nSPS) is 18.8. The highest BCUT2D eigenvalue weighted by Crippen LogP contribution is 2.29. The lowest BCUT2D eigenvalue weighted by Crippen LogP contribution is -2.50. The zero-order valence-electron chi connectivity index (χ0n) is 23.6. The molecule has 0 bridgehead atoms. The Hall–Kier alpha value is -2.13. The van der Waals surface area contributed by atoms with Gasteiger partial charge >= 0.3 is 5.97 Å². The number of carbonyl (C=O) groups is 4. The number of piperidine rings is 1. The van der Waals surface area contributed by atoms with E-state index in [1.54, 1.807) is 0 Å². The maximum Gasteiger partial charge on any atom is 0.357 e. The molecule has 0 saturated carbocycles. The molecule has 208 valence electrons. The van der Waals surface area contributed by atoms with Gasteiger partial charge in [-0.25, -0.2) is 9.78 Å². The Kier molecular flexibility index (Phi) is 12.4. The summed E-state index contributed by atoms with van der Waals surface area (Å²) in [6.45, 7) is 11.6. The molecule has 1 saturated heterocycles. The van der Waals surface area contributed by atoms with Crippen LogP contribution in [-0.4, -0.2) is 77.6 Å². The van der Waals surface area contributed by atoms with Crippen LogP contribution in [0.2, 0.25) is 0 Å². The Morgan fingerprint density at radius 1 is 1.16 bits per heavy atom. The van der Waals surface area contributed by atoms with E-state index in [1.807, 2.05) is 39.6 Å². The molecule has 0 unspecified atom stereocenters. The van der Waals surface area contributed by atoms with Gasteiger partial charge in [-0.3, -0.25) is 19.3 Å². The fourth-order valence-corrected chi connectivity index (χ4v) is 5.87. The molecule has 0 radical (unpaired) electrons. The summed E-state index contributed by atoms with van der Waals surface area (Å²) in [5, 5.41) is 1.76. The van der Waals surface area contributed by atoms with Crippen LogP contribution in [-0.2, 0) is 14.3 Å². The second-order valence-electron chi connectivity index (χ2n) is 10.7. The van der Waals surface area contributed by atoms with Crippen molar-refractivity contribution in [2.45, 2.75) is 91.6 Å². The van der Waals surface area contributed by atoms with Gasteiger partial charge in [0.2, 0.25) is 5.91 Å². The van der Waals surface area contributed by atoms with E-state index in [0.29, 0.717) is 6.54 Å². The second-order valence-corrected chi connectivity index (χ2v) is 11.5. The Bertz CT molecular complexity index is 931. The van der Waals surface area contributed by atoms with Crippen molar-refractivity contribution in [3.8, 4) is 0 Å². The van der Waals surface area contributed by atoms with E-state index in [1.165, 1.54) is 12.5 Å². The summed E-state index contributed by atoms with van der Waals surface area (Å²) in [6, 6.07) is -0.450. The molecule has 1 aromatic rings. The number of Topliss-reactive ketones (excluding diaryl/α,β-unsaturated/α-hetero) is 2. The molecule has 0 spiro atoms. The number of esters is 1. The highest BCUT2D eigenvalue weighted by atomic mass is 32.1. The van der Waals surface area contributed by atoms with E-state index in [9.17, 15) is 19.2 Å². The van der Waals surface area contributed by atoms with Crippen LogP contribution in [0.4, 0.5) is 0 Å². The van der Waals surface area contributed by atoms with Gasteiger partial charge in [0, 0.05) is 36.7 Å². The zero-order valence-corrected chi connectivity index (χ0v) is 24.4. The number of thiazole rings is 1. The van der Waals surface area contributed by atoms with Gasteiger partial charge in [-0.05, 0) is 44.7 Å². The Morgan fingerprint density at radius 2 is 1.86 bits per heavy atom. The number of rotatable bonds is 14. The van der Waals surface area contributed by atoms with E-state index in [4.69, 9.17) is 4.74 Å². The summed E-state index contributed by atoms with van der Waals surface area (Å²) >= 11 is 1.11. The first-order chi connectivity index (χ1) is 17.5. The van der Waals surface area contributed by atoms with E-state index in [2.05, 4.69) is 16.8 Å². The van der Waals surface area contributed by atoms with Crippen molar-refractivity contribution in [3.63, 3.8) is 0 Å². The van der Waals surface area contributed by atoms with E-state index in [-0.39, 0.29) is 64.9 Å². The highest BCUT2D eigenvalue weighted by Gasteiger charge is 2.37. The van der Waals surface area contributed by atoms with Crippen molar-refractivity contribution in [1.29, 1.82) is 0 Å². The van der Waals surface area contributed by atoms with Crippen molar-refractivity contribution in [3.05, 3.63) is 16.1 Å². The van der Waals surface area contributed by atoms with Gasteiger partial charge in [-0.1, -0.05) is 47.5 Å². The molecular formula is C28H45N3O5S. The van der Waals surface area contributed by atoms with Crippen LogP contribution in [0, 0.1) is 17.8 Å². The van der Waals surface area contributed by atoms with E-state index < -0.39 is 11.9 Å². The van der Waals surface area contributed by atoms with Crippen molar-refractivity contribution in [2.24, 2.45) is 17.8 Å². The number of likely N-dealkylation sites (tertiary alicyclic amines) is 1. The molecule has 8 nitrogen and oxygen atoms in total. The molecule has 2 rings (SSSR count). The molecule has 1 fully saturated rings. The van der Waals surface area contributed by atoms with Gasteiger partial charge in [0.1, 0.15) is 0 Å². The average Bonchev–Trinajstić information content (AvgIpc) is 3.38. The number of hydrogen-bond acceptors (Lipinski definition) is 8. The minimum atomic E-state index is -0.580. The lowest BCUT2D eigenvalue weighted by molar-refractivity contribution is -0.144.